The summed E-state index contributed by atoms with van der Waals surface area (Å²) in [5.74, 6) is 0. The van der Waals surface area contributed by atoms with Gasteiger partial charge in [0.25, 0.3) is 5.56 Å². The number of H-pyrrole nitrogens is 1. The first kappa shape index (κ1) is 10.6. The number of nitrogens with one attached hydrogen (secondary N) is 1. The monoisotopic (exact) mass is 214 g/mol. The lowest BCUT2D eigenvalue weighted by Crippen LogP contribution is -2.04. The maximum absolute atomic E-state index is 11.1. The fourth-order valence-corrected chi connectivity index (χ4v) is 1.66. The molecule has 16 heavy (non-hydrogen) atoms. The topological polar surface area (TPSA) is 45.8 Å². The molecular formula is C13H14N2O. The van der Waals surface area contributed by atoms with Gasteiger partial charge in [-0.25, -0.2) is 4.98 Å². The van der Waals surface area contributed by atoms with Gasteiger partial charge in [-0.05, 0) is 12.0 Å². The molecule has 0 spiro atoms. The predicted octanol–water partition coefficient (Wildman–Crippen LogP) is 2.39. The van der Waals surface area contributed by atoms with Gasteiger partial charge < -0.3 is 4.98 Å². The van der Waals surface area contributed by atoms with Crippen LogP contribution in [0.4, 0.5) is 0 Å². The van der Waals surface area contributed by atoms with Crippen molar-refractivity contribution in [3.05, 3.63) is 52.6 Å². The predicted molar refractivity (Wildman–Crippen MR) is 64.3 cm³/mol. The fraction of sp³-hybridized carbons (Fsp3) is 0.231. The maximum Gasteiger partial charge on any atom is 0.251 e. The van der Waals surface area contributed by atoms with Crippen molar-refractivity contribution in [3.8, 4) is 11.3 Å². The Balaban J connectivity index is 2.31. The lowest BCUT2D eigenvalue weighted by atomic mass is 10.1. The van der Waals surface area contributed by atoms with E-state index in [9.17, 15) is 4.79 Å². The second kappa shape index (κ2) is 4.75. The molecule has 0 fully saturated rings. The standard InChI is InChI=1S/C13H14N2O/c1-2-3-10-4-6-11(7-5-10)12-8-13(16)15-9-14-12/h4-9H,2-3H2,1H3,(H,14,15,16). The third-order valence-corrected chi connectivity index (χ3v) is 2.47. The highest BCUT2D eigenvalue weighted by molar-refractivity contribution is 5.58. The Kier molecular flexibility index (Phi) is 3.15. The average molecular weight is 214 g/mol. The molecule has 82 valence electrons. The van der Waals surface area contributed by atoms with Crippen LogP contribution >= 0.6 is 0 Å². The first-order valence-electron chi connectivity index (χ1n) is 5.43. The molecular weight excluding hydrogens is 200 g/mol. The second-order valence-corrected chi connectivity index (χ2v) is 3.74. The van der Waals surface area contributed by atoms with Gasteiger partial charge in [0.15, 0.2) is 0 Å². The number of nitrogens with zero attached hydrogens (tertiary/aromatic N) is 1. The van der Waals surface area contributed by atoms with Crippen molar-refractivity contribution in [1.29, 1.82) is 0 Å². The van der Waals surface area contributed by atoms with Crippen molar-refractivity contribution in [3.63, 3.8) is 0 Å². The van der Waals surface area contributed by atoms with Gasteiger partial charge in [-0.3, -0.25) is 4.79 Å². The third-order valence-electron chi connectivity index (χ3n) is 2.47. The largest absolute Gasteiger partial charge is 0.313 e. The molecule has 1 aromatic heterocycles. The Morgan fingerprint density at radius 2 is 2.00 bits per heavy atom. The van der Waals surface area contributed by atoms with E-state index in [2.05, 4.69) is 29.0 Å². The molecule has 0 aliphatic carbocycles. The normalized spacial score (nSPS) is 10.3. The molecule has 1 N–H and O–H groups in total. The SMILES string of the molecule is CCCc1ccc(-c2cc(=O)[nH]cn2)cc1. The van der Waals surface area contributed by atoms with Crippen LogP contribution in [-0.2, 0) is 6.42 Å². The highest BCUT2D eigenvalue weighted by atomic mass is 16.1. The van der Waals surface area contributed by atoms with Gasteiger partial charge in [0.05, 0.1) is 12.0 Å². The molecule has 2 rings (SSSR count). The van der Waals surface area contributed by atoms with E-state index in [-0.39, 0.29) is 5.56 Å². The number of rotatable bonds is 3. The van der Waals surface area contributed by atoms with Gasteiger partial charge in [-0.2, -0.15) is 0 Å². The molecule has 0 atom stereocenters. The van der Waals surface area contributed by atoms with E-state index in [0.29, 0.717) is 5.69 Å². The van der Waals surface area contributed by atoms with Crippen LogP contribution in [-0.4, -0.2) is 9.97 Å². The first-order valence-corrected chi connectivity index (χ1v) is 5.43. The minimum atomic E-state index is -0.123. The summed E-state index contributed by atoms with van der Waals surface area (Å²) in [6.07, 6.45) is 3.66. The number of hydrogen-bond donors (Lipinski definition) is 1. The zero-order valence-corrected chi connectivity index (χ0v) is 9.23. The van der Waals surface area contributed by atoms with E-state index >= 15 is 0 Å². The van der Waals surface area contributed by atoms with Crippen molar-refractivity contribution in [1.82, 2.24) is 9.97 Å². The molecule has 0 aliphatic rings. The Labute approximate surface area is 94.2 Å². The van der Waals surface area contributed by atoms with Crippen LogP contribution in [0.25, 0.3) is 11.3 Å². The van der Waals surface area contributed by atoms with Crippen LogP contribution in [0.2, 0.25) is 0 Å². The van der Waals surface area contributed by atoms with E-state index in [0.717, 1.165) is 18.4 Å². The van der Waals surface area contributed by atoms with E-state index in [1.807, 2.05) is 12.1 Å². The smallest absolute Gasteiger partial charge is 0.251 e. The van der Waals surface area contributed by atoms with E-state index in [4.69, 9.17) is 0 Å². The van der Waals surface area contributed by atoms with Gasteiger partial charge in [0, 0.05) is 11.6 Å². The number of aryl methyl sites for hydroxylation is 1. The van der Waals surface area contributed by atoms with Crippen LogP contribution in [0.5, 0.6) is 0 Å². The minimum absolute atomic E-state index is 0.123. The summed E-state index contributed by atoms with van der Waals surface area (Å²) in [5.41, 5.74) is 2.89. The number of aromatic amines is 1. The lowest BCUT2D eigenvalue weighted by molar-refractivity contribution is 0.922. The van der Waals surface area contributed by atoms with Crippen LogP contribution in [0, 0.1) is 0 Å². The molecule has 0 saturated heterocycles. The Bertz CT molecular complexity index is 514. The molecule has 1 heterocycles. The molecule has 0 amide bonds. The molecule has 0 bridgehead atoms. The van der Waals surface area contributed by atoms with Crippen molar-refractivity contribution >= 4 is 0 Å². The van der Waals surface area contributed by atoms with Gasteiger partial charge in [-0.1, -0.05) is 37.6 Å². The van der Waals surface area contributed by atoms with Crippen molar-refractivity contribution in [2.45, 2.75) is 19.8 Å². The van der Waals surface area contributed by atoms with E-state index < -0.39 is 0 Å². The summed E-state index contributed by atoms with van der Waals surface area (Å²) in [4.78, 5) is 17.8. The maximum atomic E-state index is 11.1. The number of hydrogen-bond acceptors (Lipinski definition) is 2. The van der Waals surface area contributed by atoms with Gasteiger partial charge in [0.1, 0.15) is 0 Å². The van der Waals surface area contributed by atoms with Crippen LogP contribution in [0.1, 0.15) is 18.9 Å². The summed E-state index contributed by atoms with van der Waals surface area (Å²) in [7, 11) is 0. The molecule has 0 aliphatic heterocycles. The Hall–Kier alpha value is -1.90. The third kappa shape index (κ3) is 2.37. The van der Waals surface area contributed by atoms with Crippen molar-refractivity contribution in [2.75, 3.05) is 0 Å². The molecule has 3 heteroatoms. The summed E-state index contributed by atoms with van der Waals surface area (Å²) in [5, 5.41) is 0. The van der Waals surface area contributed by atoms with Gasteiger partial charge in [-0.15, -0.1) is 0 Å². The quantitative estimate of drug-likeness (QED) is 0.852. The fourth-order valence-electron chi connectivity index (χ4n) is 1.66. The average Bonchev–Trinajstić information content (AvgIpc) is 2.30. The van der Waals surface area contributed by atoms with Gasteiger partial charge in [0.2, 0.25) is 0 Å². The molecule has 2 aromatic rings. The Morgan fingerprint density at radius 3 is 2.62 bits per heavy atom. The number of benzene rings is 1. The van der Waals surface area contributed by atoms with Crippen LogP contribution < -0.4 is 5.56 Å². The molecule has 0 saturated carbocycles. The highest BCUT2D eigenvalue weighted by Gasteiger charge is 1.99. The highest BCUT2D eigenvalue weighted by Crippen LogP contribution is 2.16. The van der Waals surface area contributed by atoms with Crippen LogP contribution in [0.3, 0.4) is 0 Å². The number of aromatic nitrogens is 2. The second-order valence-electron chi connectivity index (χ2n) is 3.74. The molecule has 3 nitrogen and oxygen atoms in total. The first-order chi connectivity index (χ1) is 7.79. The summed E-state index contributed by atoms with van der Waals surface area (Å²) in [6.45, 7) is 2.16. The van der Waals surface area contributed by atoms with Crippen LogP contribution in [0.15, 0.2) is 41.5 Å². The molecule has 1 aromatic carbocycles. The van der Waals surface area contributed by atoms with E-state index in [1.54, 1.807) is 0 Å². The summed E-state index contributed by atoms with van der Waals surface area (Å²) >= 11 is 0. The molecule has 0 unspecified atom stereocenters. The minimum Gasteiger partial charge on any atom is -0.313 e. The van der Waals surface area contributed by atoms with E-state index in [1.165, 1.54) is 18.0 Å². The Morgan fingerprint density at radius 1 is 1.25 bits per heavy atom. The lowest BCUT2D eigenvalue weighted by Gasteiger charge is -2.02. The van der Waals surface area contributed by atoms with Crippen molar-refractivity contribution in [2.24, 2.45) is 0 Å². The zero-order chi connectivity index (χ0) is 11.4. The van der Waals surface area contributed by atoms with Crippen molar-refractivity contribution < 1.29 is 0 Å². The summed E-state index contributed by atoms with van der Waals surface area (Å²) in [6, 6.07) is 9.69. The summed E-state index contributed by atoms with van der Waals surface area (Å²) < 4.78 is 0. The van der Waals surface area contributed by atoms with Gasteiger partial charge >= 0.3 is 0 Å². The molecule has 0 radical (unpaired) electrons. The zero-order valence-electron chi connectivity index (χ0n) is 9.23.